The molecule has 31 heavy (non-hydrogen) atoms. The molecule has 0 aliphatic carbocycles. The molecule has 0 unspecified atom stereocenters. The van der Waals surface area contributed by atoms with Gasteiger partial charge in [-0.2, -0.15) is 0 Å². The third-order valence-electron chi connectivity index (χ3n) is 7.31. The zero-order chi connectivity index (χ0) is 23.0. The van der Waals surface area contributed by atoms with Crippen LogP contribution in [0.4, 0.5) is 0 Å². The molecule has 0 saturated carbocycles. The van der Waals surface area contributed by atoms with Gasteiger partial charge in [0, 0.05) is 5.54 Å². The van der Waals surface area contributed by atoms with E-state index < -0.39 is 0 Å². The van der Waals surface area contributed by atoms with Gasteiger partial charge in [0.05, 0.1) is 0 Å². The van der Waals surface area contributed by atoms with Gasteiger partial charge in [-0.05, 0) is 46.2 Å². The largest absolute Gasteiger partial charge is 0.298 e. The second-order valence-corrected chi connectivity index (χ2v) is 10.9. The summed E-state index contributed by atoms with van der Waals surface area (Å²) >= 11 is 0. The lowest BCUT2D eigenvalue weighted by molar-refractivity contribution is 0.102. The molecular weight excluding hydrogens is 374 g/mol. The molecule has 0 aromatic heterocycles. The van der Waals surface area contributed by atoms with Crippen molar-refractivity contribution < 1.29 is 0 Å². The average molecular weight is 438 g/mol. The highest BCUT2D eigenvalue weighted by Gasteiger charge is 2.25. The molecule has 0 bridgehead atoms. The first-order valence-electron chi connectivity index (χ1n) is 14.8. The fraction of sp³-hybridized carbons (Fsp3) is 1.00. The van der Waals surface area contributed by atoms with Crippen LogP contribution in [0.5, 0.6) is 0 Å². The third kappa shape index (κ3) is 20.3. The molecule has 0 aliphatic heterocycles. The number of nitrogens with zero attached hydrogens (tertiary/aromatic N) is 1. The van der Waals surface area contributed by atoms with Crippen molar-refractivity contribution in [2.75, 3.05) is 13.1 Å². The summed E-state index contributed by atoms with van der Waals surface area (Å²) in [4.78, 5) is 2.87. The minimum absolute atomic E-state index is 0.383. The van der Waals surface area contributed by atoms with Crippen molar-refractivity contribution in [3.63, 3.8) is 0 Å². The summed E-state index contributed by atoms with van der Waals surface area (Å²) in [5, 5.41) is 0. The van der Waals surface area contributed by atoms with Crippen LogP contribution < -0.4 is 0 Å². The van der Waals surface area contributed by atoms with E-state index in [2.05, 4.69) is 39.5 Å². The molecule has 0 saturated heterocycles. The lowest BCUT2D eigenvalue weighted by atomic mass is 9.92. The second-order valence-electron chi connectivity index (χ2n) is 10.9. The minimum atomic E-state index is 0.383. The second kappa shape index (κ2) is 23.1. The van der Waals surface area contributed by atoms with Gasteiger partial charge in [-0.1, -0.05) is 143 Å². The van der Waals surface area contributed by atoms with E-state index in [4.69, 9.17) is 0 Å². The Balaban J connectivity index is 4.18. The van der Waals surface area contributed by atoms with Crippen LogP contribution in [0.25, 0.3) is 0 Å². The average Bonchev–Trinajstić information content (AvgIpc) is 2.75. The van der Waals surface area contributed by atoms with Crippen LogP contribution in [0.2, 0.25) is 0 Å². The quantitative estimate of drug-likeness (QED) is 0.128. The number of rotatable bonds is 25. The van der Waals surface area contributed by atoms with Gasteiger partial charge < -0.3 is 0 Å². The highest BCUT2D eigenvalue weighted by Crippen LogP contribution is 2.25. The zero-order valence-electron chi connectivity index (χ0n) is 22.9. The topological polar surface area (TPSA) is 3.24 Å². The van der Waals surface area contributed by atoms with Crippen LogP contribution in [0, 0.1) is 0 Å². The van der Waals surface area contributed by atoms with Crippen molar-refractivity contribution in [2.45, 2.75) is 181 Å². The first kappa shape index (κ1) is 31.0. The zero-order valence-corrected chi connectivity index (χ0v) is 22.9. The highest BCUT2D eigenvalue weighted by atomic mass is 15.2. The van der Waals surface area contributed by atoms with Crippen molar-refractivity contribution in [2.24, 2.45) is 0 Å². The molecule has 0 radical (unpaired) electrons. The molecule has 0 aromatic carbocycles. The standard InChI is InChI=1S/C30H63N/c1-6-9-12-15-18-19-20-21-24-27-30(4,5)31(28-25-22-16-13-10-7-2)29-26-23-17-14-11-8-3/h6-29H2,1-5H3. The summed E-state index contributed by atoms with van der Waals surface area (Å²) < 4.78 is 0. The normalized spacial score (nSPS) is 12.2. The summed E-state index contributed by atoms with van der Waals surface area (Å²) in [6.07, 6.45) is 31.3. The van der Waals surface area contributed by atoms with E-state index >= 15 is 0 Å². The lowest BCUT2D eigenvalue weighted by Gasteiger charge is -2.39. The molecule has 0 fully saturated rings. The Hall–Kier alpha value is -0.0400. The lowest BCUT2D eigenvalue weighted by Crippen LogP contribution is -2.45. The van der Waals surface area contributed by atoms with Crippen LogP contribution in [0.3, 0.4) is 0 Å². The third-order valence-corrected chi connectivity index (χ3v) is 7.31. The summed E-state index contributed by atoms with van der Waals surface area (Å²) in [5.74, 6) is 0. The van der Waals surface area contributed by atoms with E-state index in [-0.39, 0.29) is 0 Å². The Kier molecular flexibility index (Phi) is 23.1. The monoisotopic (exact) mass is 437 g/mol. The molecule has 0 amide bonds. The molecule has 0 spiro atoms. The Labute approximate surface area is 199 Å². The first-order chi connectivity index (χ1) is 15.1. The van der Waals surface area contributed by atoms with Gasteiger partial charge in [0.1, 0.15) is 0 Å². The maximum Gasteiger partial charge on any atom is 0.0153 e. The van der Waals surface area contributed by atoms with E-state index in [9.17, 15) is 0 Å². The van der Waals surface area contributed by atoms with Crippen molar-refractivity contribution in [3.8, 4) is 0 Å². The Morgan fingerprint density at radius 3 is 1.03 bits per heavy atom. The predicted octanol–water partition coefficient (Wildman–Crippen LogP) is 10.7. The first-order valence-corrected chi connectivity index (χ1v) is 14.8. The molecule has 0 heterocycles. The van der Waals surface area contributed by atoms with Crippen molar-refractivity contribution >= 4 is 0 Å². The molecule has 0 aromatic rings. The summed E-state index contributed by atoms with van der Waals surface area (Å²) in [6.45, 7) is 14.7. The Morgan fingerprint density at radius 1 is 0.387 bits per heavy atom. The molecule has 0 rings (SSSR count). The summed E-state index contributed by atoms with van der Waals surface area (Å²) in [5.41, 5.74) is 0.383. The Bertz CT molecular complexity index is 319. The van der Waals surface area contributed by atoms with Crippen molar-refractivity contribution in [1.82, 2.24) is 4.90 Å². The van der Waals surface area contributed by atoms with E-state index in [0.717, 1.165) is 0 Å². The molecule has 1 heteroatoms. The van der Waals surface area contributed by atoms with Crippen LogP contribution in [0.1, 0.15) is 176 Å². The van der Waals surface area contributed by atoms with Gasteiger partial charge in [0.15, 0.2) is 0 Å². The summed E-state index contributed by atoms with van der Waals surface area (Å²) in [7, 11) is 0. The fourth-order valence-electron chi connectivity index (χ4n) is 4.91. The van der Waals surface area contributed by atoms with E-state index in [0.29, 0.717) is 5.54 Å². The van der Waals surface area contributed by atoms with E-state index in [1.807, 2.05) is 0 Å². The molecule has 1 nitrogen and oxygen atoms in total. The minimum Gasteiger partial charge on any atom is -0.298 e. The number of hydrogen-bond acceptors (Lipinski definition) is 1. The molecule has 0 atom stereocenters. The van der Waals surface area contributed by atoms with Gasteiger partial charge in [0.2, 0.25) is 0 Å². The van der Waals surface area contributed by atoms with E-state index in [1.165, 1.54) is 154 Å². The van der Waals surface area contributed by atoms with Gasteiger partial charge in [-0.3, -0.25) is 4.90 Å². The smallest absolute Gasteiger partial charge is 0.0153 e. The highest BCUT2D eigenvalue weighted by molar-refractivity contribution is 4.81. The SMILES string of the molecule is CCCCCCCCCCCC(C)(C)N(CCCCCCCC)CCCCCCCC. The number of hydrogen-bond donors (Lipinski definition) is 0. The maximum atomic E-state index is 2.87. The van der Waals surface area contributed by atoms with Crippen molar-refractivity contribution in [3.05, 3.63) is 0 Å². The number of unbranched alkanes of at least 4 members (excludes halogenated alkanes) is 18. The van der Waals surface area contributed by atoms with Gasteiger partial charge in [-0.15, -0.1) is 0 Å². The predicted molar refractivity (Wildman–Crippen MR) is 144 cm³/mol. The van der Waals surface area contributed by atoms with Gasteiger partial charge >= 0.3 is 0 Å². The molecule has 188 valence electrons. The van der Waals surface area contributed by atoms with Crippen LogP contribution in [0.15, 0.2) is 0 Å². The fourth-order valence-corrected chi connectivity index (χ4v) is 4.91. The maximum absolute atomic E-state index is 2.87. The molecular formula is C30H63N. The molecule has 0 N–H and O–H groups in total. The van der Waals surface area contributed by atoms with Crippen LogP contribution in [-0.2, 0) is 0 Å². The van der Waals surface area contributed by atoms with Crippen LogP contribution in [-0.4, -0.2) is 23.5 Å². The molecule has 0 aliphatic rings. The van der Waals surface area contributed by atoms with Gasteiger partial charge in [0.25, 0.3) is 0 Å². The Morgan fingerprint density at radius 2 is 0.677 bits per heavy atom. The van der Waals surface area contributed by atoms with Gasteiger partial charge in [-0.25, -0.2) is 0 Å². The summed E-state index contributed by atoms with van der Waals surface area (Å²) in [6, 6.07) is 0. The van der Waals surface area contributed by atoms with Crippen LogP contribution >= 0.6 is 0 Å². The van der Waals surface area contributed by atoms with E-state index in [1.54, 1.807) is 0 Å². The van der Waals surface area contributed by atoms with Crippen molar-refractivity contribution in [1.29, 1.82) is 0 Å².